The van der Waals surface area contributed by atoms with Crippen molar-refractivity contribution in [3.05, 3.63) is 24.3 Å². The topological polar surface area (TPSA) is 95.7 Å². The quantitative estimate of drug-likeness (QED) is 0.757. The van der Waals surface area contributed by atoms with Crippen molar-refractivity contribution in [2.24, 2.45) is 5.73 Å². The lowest BCUT2D eigenvalue weighted by Crippen LogP contribution is -2.35. The van der Waals surface area contributed by atoms with E-state index in [1.165, 1.54) is 25.3 Å². The molecule has 1 atom stereocenters. The maximum Gasteiger partial charge on any atom is 0.348 e. The van der Waals surface area contributed by atoms with Crippen molar-refractivity contribution in [2.75, 3.05) is 19.9 Å². The maximum atomic E-state index is 11.4. The van der Waals surface area contributed by atoms with Crippen molar-refractivity contribution >= 4 is 15.8 Å². The van der Waals surface area contributed by atoms with Crippen molar-refractivity contribution in [2.45, 2.75) is 11.0 Å². The molecule has 7 heteroatoms. The fraction of sp³-hybridized carbons (Fsp3) is 0.364. The number of benzene rings is 1. The van der Waals surface area contributed by atoms with Gasteiger partial charge in [0, 0.05) is 12.8 Å². The number of carbonyl (C=O) groups is 1. The molecule has 0 radical (unpaired) electrons. The minimum absolute atomic E-state index is 0.0597. The van der Waals surface area contributed by atoms with Gasteiger partial charge in [-0.15, -0.1) is 0 Å². The highest BCUT2D eigenvalue weighted by molar-refractivity contribution is 7.90. The standard InChI is InChI=1S/C11H15NO5S/c1-16-11(13)10(7-12)17-8-4-3-5-9(6-8)18(2,14)15/h3-6,10H,7,12H2,1-2H3. The smallest absolute Gasteiger partial charge is 0.348 e. The summed E-state index contributed by atoms with van der Waals surface area (Å²) in [5.74, 6) is -0.360. The van der Waals surface area contributed by atoms with Crippen LogP contribution in [0.4, 0.5) is 0 Å². The Balaban J connectivity index is 2.94. The van der Waals surface area contributed by atoms with Crippen LogP contribution in [0.15, 0.2) is 29.2 Å². The first-order valence-electron chi connectivity index (χ1n) is 5.13. The minimum atomic E-state index is -3.32. The molecule has 0 aliphatic heterocycles. The molecule has 0 heterocycles. The first-order valence-corrected chi connectivity index (χ1v) is 7.02. The average Bonchev–Trinajstić information content (AvgIpc) is 2.34. The highest BCUT2D eigenvalue weighted by Crippen LogP contribution is 2.18. The van der Waals surface area contributed by atoms with E-state index in [4.69, 9.17) is 10.5 Å². The van der Waals surface area contributed by atoms with E-state index < -0.39 is 21.9 Å². The first kappa shape index (κ1) is 14.5. The summed E-state index contributed by atoms with van der Waals surface area (Å²) in [5.41, 5.74) is 5.38. The van der Waals surface area contributed by atoms with Crippen molar-refractivity contribution in [3.63, 3.8) is 0 Å². The van der Waals surface area contributed by atoms with Gasteiger partial charge in [0.25, 0.3) is 0 Å². The lowest BCUT2D eigenvalue weighted by molar-refractivity contribution is -0.148. The monoisotopic (exact) mass is 273 g/mol. The van der Waals surface area contributed by atoms with Crippen LogP contribution in [0.1, 0.15) is 0 Å². The lowest BCUT2D eigenvalue weighted by Gasteiger charge is -2.15. The molecule has 0 saturated carbocycles. The van der Waals surface area contributed by atoms with E-state index in [0.717, 1.165) is 6.26 Å². The second-order valence-corrected chi connectivity index (χ2v) is 5.63. The molecule has 18 heavy (non-hydrogen) atoms. The Kier molecular flexibility index (Phi) is 4.69. The molecule has 1 aromatic rings. The number of rotatable bonds is 5. The largest absolute Gasteiger partial charge is 0.477 e. The average molecular weight is 273 g/mol. The second-order valence-electron chi connectivity index (χ2n) is 3.61. The molecule has 1 rings (SSSR count). The molecule has 1 aromatic carbocycles. The highest BCUT2D eigenvalue weighted by Gasteiger charge is 2.19. The van der Waals surface area contributed by atoms with Gasteiger partial charge in [-0.2, -0.15) is 0 Å². The third kappa shape index (κ3) is 3.71. The van der Waals surface area contributed by atoms with E-state index in [1.54, 1.807) is 6.07 Å². The van der Waals surface area contributed by atoms with E-state index in [1.807, 2.05) is 0 Å². The first-order chi connectivity index (χ1) is 8.38. The van der Waals surface area contributed by atoms with Crippen LogP contribution < -0.4 is 10.5 Å². The van der Waals surface area contributed by atoms with Crippen LogP contribution in [0.5, 0.6) is 5.75 Å². The number of nitrogens with two attached hydrogens (primary N) is 1. The zero-order valence-electron chi connectivity index (χ0n) is 10.1. The molecule has 0 fully saturated rings. The van der Waals surface area contributed by atoms with Gasteiger partial charge in [-0.1, -0.05) is 6.07 Å². The Morgan fingerprint density at radius 1 is 1.44 bits per heavy atom. The molecule has 0 saturated heterocycles. The van der Waals surface area contributed by atoms with E-state index in [9.17, 15) is 13.2 Å². The fourth-order valence-corrected chi connectivity index (χ4v) is 1.92. The van der Waals surface area contributed by atoms with E-state index >= 15 is 0 Å². The SMILES string of the molecule is COC(=O)C(CN)Oc1cccc(S(C)(=O)=O)c1. The Hall–Kier alpha value is -1.60. The van der Waals surface area contributed by atoms with Crippen molar-refractivity contribution in [3.8, 4) is 5.75 Å². The van der Waals surface area contributed by atoms with Crippen molar-refractivity contribution < 1.29 is 22.7 Å². The van der Waals surface area contributed by atoms with E-state index in [2.05, 4.69) is 4.74 Å². The van der Waals surface area contributed by atoms with Gasteiger partial charge in [0.05, 0.1) is 12.0 Å². The summed E-state index contributed by atoms with van der Waals surface area (Å²) < 4.78 is 32.5. The Morgan fingerprint density at radius 3 is 2.61 bits per heavy atom. The summed E-state index contributed by atoms with van der Waals surface area (Å²) in [6.07, 6.45) is 0.136. The third-order valence-electron chi connectivity index (χ3n) is 2.19. The summed E-state index contributed by atoms with van der Waals surface area (Å²) in [6, 6.07) is 5.84. The molecule has 1 unspecified atom stereocenters. The molecule has 0 bridgehead atoms. The van der Waals surface area contributed by atoms with Crippen LogP contribution in [0, 0.1) is 0 Å². The molecule has 0 amide bonds. The Morgan fingerprint density at radius 2 is 2.11 bits per heavy atom. The van der Waals surface area contributed by atoms with Gasteiger partial charge >= 0.3 is 5.97 Å². The van der Waals surface area contributed by atoms with Crippen molar-refractivity contribution in [1.29, 1.82) is 0 Å². The summed E-state index contributed by atoms with van der Waals surface area (Å²) in [5, 5.41) is 0. The molecule has 2 N–H and O–H groups in total. The summed E-state index contributed by atoms with van der Waals surface area (Å²) in [7, 11) is -2.10. The zero-order chi connectivity index (χ0) is 13.8. The highest BCUT2D eigenvalue weighted by atomic mass is 32.2. The fourth-order valence-electron chi connectivity index (χ4n) is 1.27. The van der Waals surface area contributed by atoms with Gasteiger partial charge in [0.15, 0.2) is 9.84 Å². The summed E-state index contributed by atoms with van der Waals surface area (Å²) >= 11 is 0. The normalized spacial score (nSPS) is 12.8. The van der Waals surface area contributed by atoms with Crippen LogP contribution in [0.25, 0.3) is 0 Å². The number of hydrogen-bond acceptors (Lipinski definition) is 6. The number of esters is 1. The van der Waals surface area contributed by atoms with Gasteiger partial charge in [0.1, 0.15) is 5.75 Å². The van der Waals surface area contributed by atoms with Crippen LogP contribution >= 0.6 is 0 Å². The van der Waals surface area contributed by atoms with Crippen molar-refractivity contribution in [1.82, 2.24) is 0 Å². The second kappa shape index (κ2) is 5.83. The molecular weight excluding hydrogens is 258 g/mol. The lowest BCUT2D eigenvalue weighted by atomic mass is 10.3. The van der Waals surface area contributed by atoms with E-state index in [-0.39, 0.29) is 17.2 Å². The molecule has 6 nitrogen and oxygen atoms in total. The third-order valence-corrected chi connectivity index (χ3v) is 3.30. The zero-order valence-corrected chi connectivity index (χ0v) is 10.9. The Labute approximate surface area is 106 Å². The molecule has 0 aliphatic carbocycles. The summed E-state index contributed by atoms with van der Waals surface area (Å²) in [4.78, 5) is 11.4. The van der Waals surface area contributed by atoms with Crippen LogP contribution in [0.2, 0.25) is 0 Å². The maximum absolute atomic E-state index is 11.4. The van der Waals surface area contributed by atoms with Crippen LogP contribution in [-0.4, -0.2) is 40.4 Å². The predicted molar refractivity (Wildman–Crippen MR) is 65.0 cm³/mol. The minimum Gasteiger partial charge on any atom is -0.477 e. The number of methoxy groups -OCH3 is 1. The van der Waals surface area contributed by atoms with Crippen LogP contribution in [-0.2, 0) is 19.4 Å². The Bertz CT molecular complexity index is 526. The number of sulfone groups is 1. The molecular formula is C11H15NO5S. The number of carbonyl (C=O) groups excluding carboxylic acids is 1. The van der Waals surface area contributed by atoms with Gasteiger partial charge in [-0.3, -0.25) is 0 Å². The number of ether oxygens (including phenoxy) is 2. The van der Waals surface area contributed by atoms with Gasteiger partial charge in [-0.05, 0) is 18.2 Å². The van der Waals surface area contributed by atoms with Gasteiger partial charge < -0.3 is 15.2 Å². The van der Waals surface area contributed by atoms with Gasteiger partial charge in [0.2, 0.25) is 6.10 Å². The summed E-state index contributed by atoms with van der Waals surface area (Å²) in [6.45, 7) is -0.0597. The predicted octanol–water partition coefficient (Wildman–Crippen LogP) is -0.0308. The molecule has 0 spiro atoms. The molecule has 100 valence electrons. The van der Waals surface area contributed by atoms with Gasteiger partial charge in [-0.25, -0.2) is 13.2 Å². The molecule has 0 aliphatic rings. The molecule has 0 aromatic heterocycles. The van der Waals surface area contributed by atoms with E-state index in [0.29, 0.717) is 0 Å². The van der Waals surface area contributed by atoms with Crippen LogP contribution in [0.3, 0.4) is 0 Å². The number of hydrogen-bond donors (Lipinski definition) is 1.